The van der Waals surface area contributed by atoms with Gasteiger partial charge in [-0.15, -0.1) is 0 Å². The van der Waals surface area contributed by atoms with E-state index in [1.165, 1.54) is 0 Å². The average Bonchev–Trinajstić information content (AvgIpc) is 2.08. The third-order valence-electron chi connectivity index (χ3n) is 2.29. The van der Waals surface area contributed by atoms with Crippen molar-refractivity contribution in [3.63, 3.8) is 0 Å². The Morgan fingerprint density at radius 1 is 1.55 bits per heavy atom. The molecule has 11 heavy (non-hydrogen) atoms. The highest BCUT2D eigenvalue weighted by atomic mass is 16.5. The van der Waals surface area contributed by atoms with E-state index in [9.17, 15) is 5.11 Å². The van der Waals surface area contributed by atoms with E-state index in [1.54, 1.807) is 0 Å². The standard InChI is InChI=1S/C8H17NO2/c1-6(9)8(10)4-7(2,3)11-5-8/h6,10H,4-5,9H2,1-3H3. The second-order valence-corrected chi connectivity index (χ2v) is 4.12. The maximum atomic E-state index is 9.85. The number of rotatable bonds is 1. The first-order valence-electron chi connectivity index (χ1n) is 3.98. The Morgan fingerprint density at radius 2 is 2.09 bits per heavy atom. The first-order chi connectivity index (χ1) is 4.86. The molecule has 1 fully saturated rings. The number of aliphatic hydroxyl groups is 1. The van der Waals surface area contributed by atoms with E-state index in [0.29, 0.717) is 13.0 Å². The molecule has 0 aromatic rings. The summed E-state index contributed by atoms with van der Waals surface area (Å²) in [5.74, 6) is 0. The van der Waals surface area contributed by atoms with Crippen LogP contribution in [0.4, 0.5) is 0 Å². The molecule has 0 bridgehead atoms. The van der Waals surface area contributed by atoms with Crippen LogP contribution in [0.3, 0.4) is 0 Å². The fourth-order valence-electron chi connectivity index (χ4n) is 1.45. The summed E-state index contributed by atoms with van der Waals surface area (Å²) in [5.41, 5.74) is 4.59. The molecule has 0 radical (unpaired) electrons. The molecule has 1 rings (SSSR count). The zero-order valence-corrected chi connectivity index (χ0v) is 7.42. The van der Waals surface area contributed by atoms with Crippen molar-refractivity contribution in [3.05, 3.63) is 0 Å². The van der Waals surface area contributed by atoms with Crippen molar-refractivity contribution in [2.24, 2.45) is 5.73 Å². The van der Waals surface area contributed by atoms with E-state index in [-0.39, 0.29) is 11.6 Å². The van der Waals surface area contributed by atoms with Gasteiger partial charge in [0.25, 0.3) is 0 Å². The Bertz CT molecular complexity index is 156. The minimum atomic E-state index is -0.816. The molecule has 2 atom stereocenters. The lowest BCUT2D eigenvalue weighted by Crippen LogP contribution is -2.47. The number of ether oxygens (including phenoxy) is 1. The third-order valence-corrected chi connectivity index (χ3v) is 2.29. The molecule has 0 aliphatic carbocycles. The van der Waals surface area contributed by atoms with Crippen LogP contribution in [-0.2, 0) is 4.74 Å². The van der Waals surface area contributed by atoms with Crippen LogP contribution in [-0.4, -0.2) is 29.0 Å². The van der Waals surface area contributed by atoms with Crippen LogP contribution >= 0.6 is 0 Å². The first kappa shape index (κ1) is 8.97. The van der Waals surface area contributed by atoms with E-state index < -0.39 is 5.60 Å². The predicted molar refractivity (Wildman–Crippen MR) is 43.2 cm³/mol. The van der Waals surface area contributed by atoms with Crippen LogP contribution in [0, 0.1) is 0 Å². The average molecular weight is 159 g/mol. The molecular weight excluding hydrogens is 142 g/mol. The second-order valence-electron chi connectivity index (χ2n) is 4.12. The smallest absolute Gasteiger partial charge is 0.105 e. The lowest BCUT2D eigenvalue weighted by Gasteiger charge is -2.26. The zero-order valence-electron chi connectivity index (χ0n) is 7.42. The van der Waals surface area contributed by atoms with E-state index in [2.05, 4.69) is 0 Å². The molecule has 3 nitrogen and oxygen atoms in total. The van der Waals surface area contributed by atoms with E-state index in [1.807, 2.05) is 20.8 Å². The molecule has 1 heterocycles. The lowest BCUT2D eigenvalue weighted by molar-refractivity contribution is -0.00429. The molecule has 0 spiro atoms. The van der Waals surface area contributed by atoms with Crippen LogP contribution in [0.5, 0.6) is 0 Å². The molecule has 3 heteroatoms. The lowest BCUT2D eigenvalue weighted by atomic mass is 9.89. The highest BCUT2D eigenvalue weighted by Gasteiger charge is 2.45. The van der Waals surface area contributed by atoms with Crippen LogP contribution in [0.25, 0.3) is 0 Å². The largest absolute Gasteiger partial charge is 0.386 e. The maximum absolute atomic E-state index is 9.85. The Hall–Kier alpha value is -0.120. The minimum absolute atomic E-state index is 0.218. The van der Waals surface area contributed by atoms with Crippen LogP contribution < -0.4 is 5.73 Å². The van der Waals surface area contributed by atoms with Crippen molar-refractivity contribution >= 4 is 0 Å². The summed E-state index contributed by atoms with van der Waals surface area (Å²) in [6.45, 7) is 6.10. The Kier molecular flexibility index (Phi) is 1.99. The van der Waals surface area contributed by atoms with Gasteiger partial charge in [-0.25, -0.2) is 0 Å². The van der Waals surface area contributed by atoms with Crippen molar-refractivity contribution in [2.45, 2.75) is 44.4 Å². The highest BCUT2D eigenvalue weighted by Crippen LogP contribution is 2.33. The van der Waals surface area contributed by atoms with Crippen LogP contribution in [0.1, 0.15) is 27.2 Å². The maximum Gasteiger partial charge on any atom is 0.105 e. The van der Waals surface area contributed by atoms with Gasteiger partial charge in [0.05, 0.1) is 12.2 Å². The normalized spacial score (nSPS) is 39.0. The molecule has 66 valence electrons. The second kappa shape index (κ2) is 2.44. The van der Waals surface area contributed by atoms with Crippen LogP contribution in [0.2, 0.25) is 0 Å². The highest BCUT2D eigenvalue weighted by molar-refractivity contribution is 4.97. The summed E-state index contributed by atoms with van der Waals surface area (Å²) < 4.78 is 5.39. The topological polar surface area (TPSA) is 55.5 Å². The number of nitrogens with two attached hydrogens (primary N) is 1. The van der Waals surface area contributed by atoms with Crippen molar-refractivity contribution < 1.29 is 9.84 Å². The van der Waals surface area contributed by atoms with E-state index in [4.69, 9.17) is 10.5 Å². The van der Waals surface area contributed by atoms with Gasteiger partial charge in [-0.1, -0.05) is 0 Å². The SMILES string of the molecule is CC(N)C1(O)COC(C)(C)C1. The van der Waals surface area contributed by atoms with Crippen LogP contribution in [0.15, 0.2) is 0 Å². The van der Waals surface area contributed by atoms with Gasteiger partial charge in [0.1, 0.15) is 5.60 Å². The van der Waals surface area contributed by atoms with Gasteiger partial charge in [-0.05, 0) is 20.8 Å². The molecule has 3 N–H and O–H groups in total. The predicted octanol–water partition coefficient (Wildman–Crippen LogP) is 0.264. The summed E-state index contributed by atoms with van der Waals surface area (Å²) in [6.07, 6.45) is 0.623. The molecule has 0 aromatic heterocycles. The molecule has 1 aliphatic rings. The number of hydrogen-bond acceptors (Lipinski definition) is 3. The zero-order chi connectivity index (χ0) is 8.70. The quantitative estimate of drug-likeness (QED) is 0.577. The molecule has 0 aromatic carbocycles. The molecule has 1 aliphatic heterocycles. The van der Waals surface area contributed by atoms with E-state index >= 15 is 0 Å². The van der Waals surface area contributed by atoms with Gasteiger partial charge in [0.15, 0.2) is 0 Å². The van der Waals surface area contributed by atoms with Crippen molar-refractivity contribution in [2.75, 3.05) is 6.61 Å². The summed E-state index contributed by atoms with van der Waals surface area (Å²) in [4.78, 5) is 0. The summed E-state index contributed by atoms with van der Waals surface area (Å²) in [6, 6.07) is -0.218. The van der Waals surface area contributed by atoms with Gasteiger partial charge in [-0.3, -0.25) is 0 Å². The molecule has 0 amide bonds. The Balaban J connectivity index is 2.65. The fraction of sp³-hybridized carbons (Fsp3) is 1.00. The molecule has 2 unspecified atom stereocenters. The van der Waals surface area contributed by atoms with Gasteiger partial charge >= 0.3 is 0 Å². The van der Waals surface area contributed by atoms with Gasteiger partial charge in [-0.2, -0.15) is 0 Å². The van der Waals surface area contributed by atoms with Gasteiger partial charge in [0.2, 0.25) is 0 Å². The van der Waals surface area contributed by atoms with Crippen molar-refractivity contribution in [3.8, 4) is 0 Å². The van der Waals surface area contributed by atoms with Crippen molar-refractivity contribution in [1.29, 1.82) is 0 Å². The monoisotopic (exact) mass is 159 g/mol. The van der Waals surface area contributed by atoms with Crippen molar-refractivity contribution in [1.82, 2.24) is 0 Å². The summed E-state index contributed by atoms with van der Waals surface area (Å²) in [5, 5.41) is 9.85. The van der Waals surface area contributed by atoms with Gasteiger partial charge < -0.3 is 15.6 Å². The van der Waals surface area contributed by atoms with E-state index in [0.717, 1.165) is 0 Å². The number of hydrogen-bond donors (Lipinski definition) is 2. The summed E-state index contributed by atoms with van der Waals surface area (Å²) >= 11 is 0. The third kappa shape index (κ3) is 1.72. The minimum Gasteiger partial charge on any atom is -0.386 e. The fourth-order valence-corrected chi connectivity index (χ4v) is 1.45. The molecule has 0 saturated carbocycles. The Morgan fingerprint density at radius 3 is 2.27 bits per heavy atom. The first-order valence-corrected chi connectivity index (χ1v) is 3.98. The molecule has 1 saturated heterocycles. The van der Waals surface area contributed by atoms with Gasteiger partial charge in [0, 0.05) is 12.5 Å². The molecular formula is C8H17NO2. The Labute approximate surface area is 67.5 Å². The summed E-state index contributed by atoms with van der Waals surface area (Å²) in [7, 11) is 0.